The first-order valence-corrected chi connectivity index (χ1v) is 5.00. The largest absolute Gasteiger partial charge is 0.207 e. The summed E-state index contributed by atoms with van der Waals surface area (Å²) in [7, 11) is 0. The zero-order valence-corrected chi connectivity index (χ0v) is 8.92. The van der Waals surface area contributed by atoms with E-state index in [1.165, 1.54) is 28.8 Å². The molecule has 0 aliphatic carbocycles. The van der Waals surface area contributed by atoms with E-state index in [2.05, 4.69) is 32.0 Å². The molecule has 15 heavy (non-hydrogen) atoms. The van der Waals surface area contributed by atoms with Crippen LogP contribution < -0.4 is 0 Å². The van der Waals surface area contributed by atoms with Crippen molar-refractivity contribution in [2.75, 3.05) is 0 Å². The molecule has 1 heteroatoms. The van der Waals surface area contributed by atoms with Gasteiger partial charge in [-0.25, -0.2) is 4.39 Å². The van der Waals surface area contributed by atoms with Crippen LogP contribution in [-0.2, 0) is 0 Å². The van der Waals surface area contributed by atoms with Crippen LogP contribution in [0.5, 0.6) is 0 Å². The number of hydrogen-bond donors (Lipinski definition) is 0. The van der Waals surface area contributed by atoms with Crippen molar-refractivity contribution in [2.24, 2.45) is 0 Å². The summed E-state index contributed by atoms with van der Waals surface area (Å²) in [4.78, 5) is 0. The highest BCUT2D eigenvalue weighted by molar-refractivity contribution is 5.67. The highest BCUT2D eigenvalue weighted by Gasteiger charge is 2.01. The standard InChI is InChI=1S/C14H13F/c1-10-3-4-11(2)14(9-10)12-5-7-13(15)8-6-12/h3-9H,1-2H3. The number of benzene rings is 2. The van der Waals surface area contributed by atoms with E-state index < -0.39 is 0 Å². The monoisotopic (exact) mass is 200 g/mol. The molecule has 0 saturated heterocycles. The van der Waals surface area contributed by atoms with Gasteiger partial charge in [-0.15, -0.1) is 0 Å². The van der Waals surface area contributed by atoms with E-state index in [1.807, 2.05) is 12.1 Å². The SMILES string of the molecule is Cc1ccc(C)c(-c2ccc(F)cc2)c1. The number of aryl methyl sites for hydroxylation is 2. The molecule has 0 aromatic heterocycles. The summed E-state index contributed by atoms with van der Waals surface area (Å²) in [5.41, 5.74) is 4.68. The van der Waals surface area contributed by atoms with Crippen LogP contribution in [0.25, 0.3) is 11.1 Å². The lowest BCUT2D eigenvalue weighted by molar-refractivity contribution is 0.628. The van der Waals surface area contributed by atoms with E-state index in [4.69, 9.17) is 0 Å². The molecule has 0 unspecified atom stereocenters. The fourth-order valence-electron chi connectivity index (χ4n) is 1.68. The maximum absolute atomic E-state index is 12.8. The van der Waals surface area contributed by atoms with Gasteiger partial charge < -0.3 is 0 Å². The van der Waals surface area contributed by atoms with Gasteiger partial charge in [-0.2, -0.15) is 0 Å². The fraction of sp³-hybridized carbons (Fsp3) is 0.143. The first kappa shape index (κ1) is 9.91. The van der Waals surface area contributed by atoms with Gasteiger partial charge in [-0.3, -0.25) is 0 Å². The summed E-state index contributed by atoms with van der Waals surface area (Å²) in [6, 6.07) is 12.9. The molecule has 0 saturated carbocycles. The summed E-state index contributed by atoms with van der Waals surface area (Å²) in [5.74, 6) is -0.191. The molecule has 0 radical (unpaired) electrons. The highest BCUT2D eigenvalue weighted by Crippen LogP contribution is 2.24. The van der Waals surface area contributed by atoms with Crippen molar-refractivity contribution in [1.29, 1.82) is 0 Å². The van der Waals surface area contributed by atoms with E-state index >= 15 is 0 Å². The smallest absolute Gasteiger partial charge is 0.123 e. The van der Waals surface area contributed by atoms with E-state index in [9.17, 15) is 4.39 Å². The summed E-state index contributed by atoms with van der Waals surface area (Å²) in [6.45, 7) is 4.13. The maximum Gasteiger partial charge on any atom is 0.123 e. The Bertz CT molecular complexity index is 469. The first-order valence-electron chi connectivity index (χ1n) is 5.00. The Morgan fingerprint density at radius 1 is 0.867 bits per heavy atom. The normalized spacial score (nSPS) is 10.3. The average Bonchev–Trinajstić information content (AvgIpc) is 2.23. The molecule has 0 fully saturated rings. The fourth-order valence-corrected chi connectivity index (χ4v) is 1.68. The Morgan fingerprint density at radius 3 is 2.20 bits per heavy atom. The third-order valence-electron chi connectivity index (χ3n) is 2.55. The third kappa shape index (κ3) is 2.07. The lowest BCUT2D eigenvalue weighted by Crippen LogP contribution is -1.85. The van der Waals surface area contributed by atoms with E-state index in [-0.39, 0.29) is 5.82 Å². The number of hydrogen-bond acceptors (Lipinski definition) is 0. The molecule has 2 aromatic carbocycles. The highest BCUT2D eigenvalue weighted by atomic mass is 19.1. The number of rotatable bonds is 1. The van der Waals surface area contributed by atoms with Crippen molar-refractivity contribution in [3.05, 3.63) is 59.4 Å². The molecule has 0 aliphatic heterocycles. The van der Waals surface area contributed by atoms with Crippen LogP contribution in [0.4, 0.5) is 4.39 Å². The van der Waals surface area contributed by atoms with Crippen LogP contribution in [0, 0.1) is 19.7 Å². The Hall–Kier alpha value is -1.63. The second-order valence-corrected chi connectivity index (χ2v) is 3.83. The summed E-state index contributed by atoms with van der Waals surface area (Å²) in [6.07, 6.45) is 0. The molecular formula is C14H13F. The lowest BCUT2D eigenvalue weighted by Gasteiger charge is -2.07. The van der Waals surface area contributed by atoms with Crippen LogP contribution in [0.1, 0.15) is 11.1 Å². The second-order valence-electron chi connectivity index (χ2n) is 3.83. The van der Waals surface area contributed by atoms with Crippen LogP contribution in [-0.4, -0.2) is 0 Å². The minimum Gasteiger partial charge on any atom is -0.207 e. The maximum atomic E-state index is 12.8. The van der Waals surface area contributed by atoms with Crippen molar-refractivity contribution in [3.8, 4) is 11.1 Å². The van der Waals surface area contributed by atoms with Gasteiger partial charge >= 0.3 is 0 Å². The topological polar surface area (TPSA) is 0 Å². The van der Waals surface area contributed by atoms with Crippen LogP contribution in [0.15, 0.2) is 42.5 Å². The predicted molar refractivity (Wildman–Crippen MR) is 61.3 cm³/mol. The van der Waals surface area contributed by atoms with Gasteiger partial charge in [0.2, 0.25) is 0 Å². The minimum atomic E-state index is -0.191. The minimum absolute atomic E-state index is 0.191. The Morgan fingerprint density at radius 2 is 1.53 bits per heavy atom. The average molecular weight is 200 g/mol. The summed E-state index contributed by atoms with van der Waals surface area (Å²) in [5, 5.41) is 0. The van der Waals surface area contributed by atoms with Gasteiger partial charge in [0.05, 0.1) is 0 Å². The van der Waals surface area contributed by atoms with E-state index in [0.717, 1.165) is 5.56 Å². The molecule has 0 atom stereocenters. The van der Waals surface area contributed by atoms with Crippen molar-refractivity contribution >= 4 is 0 Å². The molecule has 2 aromatic rings. The molecule has 0 N–H and O–H groups in total. The number of halogens is 1. The van der Waals surface area contributed by atoms with Crippen molar-refractivity contribution in [2.45, 2.75) is 13.8 Å². The Kier molecular flexibility index (Phi) is 2.55. The van der Waals surface area contributed by atoms with Crippen LogP contribution in [0.2, 0.25) is 0 Å². The summed E-state index contributed by atoms with van der Waals surface area (Å²) >= 11 is 0. The third-order valence-corrected chi connectivity index (χ3v) is 2.55. The molecular weight excluding hydrogens is 187 g/mol. The summed E-state index contributed by atoms with van der Waals surface area (Å²) < 4.78 is 12.8. The van der Waals surface area contributed by atoms with Crippen molar-refractivity contribution in [1.82, 2.24) is 0 Å². The van der Waals surface area contributed by atoms with Crippen molar-refractivity contribution in [3.63, 3.8) is 0 Å². The Labute approximate surface area is 89.4 Å². The van der Waals surface area contributed by atoms with E-state index in [0.29, 0.717) is 0 Å². The molecule has 0 nitrogen and oxygen atoms in total. The van der Waals surface area contributed by atoms with Gasteiger partial charge in [0, 0.05) is 0 Å². The van der Waals surface area contributed by atoms with Gasteiger partial charge in [-0.05, 0) is 42.7 Å². The molecule has 0 amide bonds. The van der Waals surface area contributed by atoms with Gasteiger partial charge in [0.1, 0.15) is 5.82 Å². The molecule has 0 heterocycles. The Balaban J connectivity index is 2.53. The van der Waals surface area contributed by atoms with Crippen LogP contribution >= 0.6 is 0 Å². The zero-order chi connectivity index (χ0) is 10.8. The van der Waals surface area contributed by atoms with Gasteiger partial charge in [-0.1, -0.05) is 35.9 Å². The molecule has 0 bridgehead atoms. The van der Waals surface area contributed by atoms with Crippen molar-refractivity contribution < 1.29 is 4.39 Å². The predicted octanol–water partition coefficient (Wildman–Crippen LogP) is 4.11. The van der Waals surface area contributed by atoms with Gasteiger partial charge in [0.25, 0.3) is 0 Å². The van der Waals surface area contributed by atoms with E-state index in [1.54, 1.807) is 0 Å². The molecule has 2 rings (SSSR count). The quantitative estimate of drug-likeness (QED) is 0.649. The lowest BCUT2D eigenvalue weighted by atomic mass is 9.99. The molecule has 0 spiro atoms. The first-order chi connectivity index (χ1) is 7.16. The van der Waals surface area contributed by atoms with Gasteiger partial charge in [0.15, 0.2) is 0 Å². The molecule has 0 aliphatic rings. The van der Waals surface area contributed by atoms with Crippen LogP contribution in [0.3, 0.4) is 0 Å². The zero-order valence-electron chi connectivity index (χ0n) is 8.92. The second kappa shape index (κ2) is 3.85. The molecule has 76 valence electrons.